The van der Waals surface area contributed by atoms with Crippen LogP contribution in [-0.2, 0) is 17.8 Å². The zero-order chi connectivity index (χ0) is 13.6. The van der Waals surface area contributed by atoms with Gasteiger partial charge in [-0.15, -0.1) is 0 Å². The third-order valence-electron chi connectivity index (χ3n) is 3.26. The molecule has 0 aliphatic carbocycles. The molecule has 19 heavy (non-hydrogen) atoms. The molecule has 3 heterocycles. The van der Waals surface area contributed by atoms with Crippen molar-refractivity contribution >= 4 is 23.4 Å². The van der Waals surface area contributed by atoms with Gasteiger partial charge >= 0.3 is 0 Å². The SMILES string of the molecule is CSc1nc2nc3c(c(=O)n2[nH]1)CN(C(C)=O)CC3. The number of hydrogen-bond donors (Lipinski definition) is 1. The summed E-state index contributed by atoms with van der Waals surface area (Å²) >= 11 is 1.42. The Balaban J connectivity index is 2.16. The van der Waals surface area contributed by atoms with E-state index in [1.54, 1.807) is 4.90 Å². The highest BCUT2D eigenvalue weighted by atomic mass is 32.2. The first-order valence-corrected chi connectivity index (χ1v) is 7.12. The summed E-state index contributed by atoms with van der Waals surface area (Å²) in [6.07, 6.45) is 2.47. The van der Waals surface area contributed by atoms with Crippen molar-refractivity contribution in [2.24, 2.45) is 0 Å². The summed E-state index contributed by atoms with van der Waals surface area (Å²) < 4.78 is 1.34. The van der Waals surface area contributed by atoms with E-state index in [0.29, 0.717) is 36.0 Å². The summed E-state index contributed by atoms with van der Waals surface area (Å²) in [7, 11) is 0. The van der Waals surface area contributed by atoms with Gasteiger partial charge in [0.1, 0.15) is 0 Å². The molecule has 0 aromatic carbocycles. The largest absolute Gasteiger partial charge is 0.338 e. The molecule has 0 spiro atoms. The summed E-state index contributed by atoms with van der Waals surface area (Å²) in [6, 6.07) is 0. The van der Waals surface area contributed by atoms with Crippen LogP contribution in [-0.4, -0.2) is 43.2 Å². The Morgan fingerprint density at radius 3 is 2.89 bits per heavy atom. The Hall–Kier alpha value is -1.83. The highest BCUT2D eigenvalue weighted by Gasteiger charge is 2.24. The molecular weight excluding hydrogens is 266 g/mol. The van der Waals surface area contributed by atoms with Gasteiger partial charge in [-0.3, -0.25) is 14.7 Å². The van der Waals surface area contributed by atoms with Gasteiger partial charge in [-0.25, -0.2) is 4.98 Å². The van der Waals surface area contributed by atoms with Crippen molar-refractivity contribution in [1.29, 1.82) is 0 Å². The van der Waals surface area contributed by atoms with E-state index in [1.165, 1.54) is 23.2 Å². The van der Waals surface area contributed by atoms with E-state index in [0.717, 1.165) is 5.69 Å². The van der Waals surface area contributed by atoms with Gasteiger partial charge in [-0.1, -0.05) is 11.8 Å². The van der Waals surface area contributed by atoms with Gasteiger partial charge in [-0.05, 0) is 6.26 Å². The van der Waals surface area contributed by atoms with Gasteiger partial charge in [-0.2, -0.15) is 9.50 Å². The van der Waals surface area contributed by atoms with Gasteiger partial charge in [0.15, 0.2) is 5.16 Å². The van der Waals surface area contributed by atoms with Gasteiger partial charge in [0.2, 0.25) is 5.91 Å². The van der Waals surface area contributed by atoms with Crippen LogP contribution in [0.2, 0.25) is 0 Å². The predicted octanol–water partition coefficient (Wildman–Crippen LogP) is 0.0441. The van der Waals surface area contributed by atoms with E-state index in [2.05, 4.69) is 15.1 Å². The van der Waals surface area contributed by atoms with Crippen molar-refractivity contribution in [1.82, 2.24) is 24.5 Å². The second-order valence-electron chi connectivity index (χ2n) is 4.40. The molecule has 100 valence electrons. The zero-order valence-electron chi connectivity index (χ0n) is 10.6. The Labute approximate surface area is 113 Å². The molecule has 2 aromatic rings. The van der Waals surface area contributed by atoms with Crippen LogP contribution in [0.1, 0.15) is 18.2 Å². The average Bonchev–Trinajstić information content (AvgIpc) is 2.82. The highest BCUT2D eigenvalue weighted by molar-refractivity contribution is 7.98. The second kappa shape index (κ2) is 4.37. The first-order valence-electron chi connectivity index (χ1n) is 5.90. The molecule has 1 aliphatic heterocycles. The number of thioether (sulfide) groups is 1. The van der Waals surface area contributed by atoms with Crippen LogP contribution in [0.25, 0.3) is 5.78 Å². The lowest BCUT2D eigenvalue weighted by atomic mass is 10.1. The first-order chi connectivity index (χ1) is 9.10. The monoisotopic (exact) mass is 279 g/mol. The molecule has 8 heteroatoms. The van der Waals surface area contributed by atoms with Crippen molar-refractivity contribution in [3.63, 3.8) is 0 Å². The fourth-order valence-corrected chi connectivity index (χ4v) is 2.57. The fraction of sp³-hybridized carbons (Fsp3) is 0.455. The second-order valence-corrected chi connectivity index (χ2v) is 5.20. The summed E-state index contributed by atoms with van der Waals surface area (Å²) in [6.45, 7) is 2.44. The molecule has 0 unspecified atom stereocenters. The van der Waals surface area contributed by atoms with Crippen LogP contribution in [0.5, 0.6) is 0 Å². The number of H-pyrrole nitrogens is 1. The molecule has 1 amide bonds. The minimum absolute atomic E-state index is 0.0236. The lowest BCUT2D eigenvalue weighted by molar-refractivity contribution is -0.129. The molecule has 3 rings (SSSR count). The Kier molecular flexibility index (Phi) is 2.81. The van der Waals surface area contributed by atoms with Crippen molar-refractivity contribution in [3.05, 3.63) is 21.6 Å². The third kappa shape index (κ3) is 1.92. The average molecular weight is 279 g/mol. The lowest BCUT2D eigenvalue weighted by Gasteiger charge is -2.26. The number of aromatic amines is 1. The molecular formula is C11H13N5O2S. The molecule has 0 saturated carbocycles. The maximum Gasteiger partial charge on any atom is 0.279 e. The van der Waals surface area contributed by atoms with Gasteiger partial charge in [0.05, 0.1) is 17.8 Å². The van der Waals surface area contributed by atoms with Crippen molar-refractivity contribution in [2.75, 3.05) is 12.8 Å². The van der Waals surface area contributed by atoms with Crippen molar-refractivity contribution in [2.45, 2.75) is 25.0 Å². The minimum Gasteiger partial charge on any atom is -0.338 e. The standard InChI is InChI=1S/C11H13N5O2S/c1-6(17)15-4-3-8-7(5-15)9(18)16-10(12-8)13-11(14-16)19-2/h3-5H2,1-2H3,(H,12,13,14). The lowest BCUT2D eigenvalue weighted by Crippen LogP contribution is -2.39. The topological polar surface area (TPSA) is 83.4 Å². The number of rotatable bonds is 1. The third-order valence-corrected chi connectivity index (χ3v) is 3.83. The van der Waals surface area contributed by atoms with E-state index < -0.39 is 0 Å². The molecule has 1 N–H and O–H groups in total. The highest BCUT2D eigenvalue weighted by Crippen LogP contribution is 2.15. The number of carbonyl (C=O) groups is 1. The molecule has 0 bridgehead atoms. The number of amides is 1. The summed E-state index contributed by atoms with van der Waals surface area (Å²) in [4.78, 5) is 34.1. The smallest absolute Gasteiger partial charge is 0.279 e. The zero-order valence-corrected chi connectivity index (χ0v) is 11.5. The quantitative estimate of drug-likeness (QED) is 0.745. The maximum atomic E-state index is 12.4. The molecule has 0 radical (unpaired) electrons. The number of hydrogen-bond acceptors (Lipinski definition) is 5. The molecule has 0 atom stereocenters. The van der Waals surface area contributed by atoms with Gasteiger partial charge < -0.3 is 4.90 Å². The number of nitrogens with one attached hydrogen (secondary N) is 1. The van der Waals surface area contributed by atoms with Crippen LogP contribution in [0.3, 0.4) is 0 Å². The van der Waals surface area contributed by atoms with Crippen molar-refractivity contribution < 1.29 is 4.79 Å². The Morgan fingerprint density at radius 2 is 2.21 bits per heavy atom. The Bertz CT molecular complexity index is 720. The molecule has 0 fully saturated rings. The minimum atomic E-state index is -0.168. The normalized spacial score (nSPS) is 14.7. The van der Waals surface area contributed by atoms with E-state index in [1.807, 2.05) is 6.26 Å². The van der Waals surface area contributed by atoms with E-state index in [4.69, 9.17) is 0 Å². The number of nitrogens with zero attached hydrogens (tertiary/aromatic N) is 4. The first kappa shape index (κ1) is 12.2. The van der Waals surface area contributed by atoms with Crippen LogP contribution >= 0.6 is 11.8 Å². The van der Waals surface area contributed by atoms with Gasteiger partial charge in [0.25, 0.3) is 11.3 Å². The fourth-order valence-electron chi connectivity index (χ4n) is 2.21. The van der Waals surface area contributed by atoms with E-state index in [9.17, 15) is 9.59 Å². The van der Waals surface area contributed by atoms with Crippen LogP contribution in [0, 0.1) is 0 Å². The van der Waals surface area contributed by atoms with Crippen molar-refractivity contribution in [3.8, 4) is 0 Å². The summed E-state index contributed by atoms with van der Waals surface area (Å²) in [5.41, 5.74) is 1.16. The molecule has 0 saturated heterocycles. The summed E-state index contributed by atoms with van der Waals surface area (Å²) in [5, 5.41) is 3.55. The van der Waals surface area contributed by atoms with Crippen LogP contribution < -0.4 is 5.56 Å². The predicted molar refractivity (Wildman–Crippen MR) is 70.2 cm³/mol. The summed E-state index contributed by atoms with van der Waals surface area (Å²) in [5.74, 6) is 0.369. The Morgan fingerprint density at radius 1 is 1.42 bits per heavy atom. The maximum absolute atomic E-state index is 12.4. The molecule has 2 aromatic heterocycles. The molecule has 1 aliphatic rings. The number of fused-ring (bicyclic) bond motifs is 2. The van der Waals surface area contributed by atoms with Crippen LogP contribution in [0.15, 0.2) is 9.95 Å². The van der Waals surface area contributed by atoms with E-state index in [-0.39, 0.29) is 11.5 Å². The van der Waals surface area contributed by atoms with Gasteiger partial charge in [0, 0.05) is 19.9 Å². The van der Waals surface area contributed by atoms with E-state index >= 15 is 0 Å². The number of carbonyl (C=O) groups excluding carboxylic acids is 1. The van der Waals surface area contributed by atoms with Crippen LogP contribution in [0.4, 0.5) is 0 Å². The number of aromatic nitrogens is 4. The molecule has 7 nitrogen and oxygen atoms in total.